The number of hydrogen-bond donors (Lipinski definition) is 1. The van der Waals surface area contributed by atoms with Gasteiger partial charge in [0.2, 0.25) is 17.6 Å². The van der Waals surface area contributed by atoms with Crippen LogP contribution in [0.15, 0.2) is 29.0 Å². The minimum Gasteiger partial charge on any atom is -0.339 e. The van der Waals surface area contributed by atoms with Gasteiger partial charge < -0.3 is 9.84 Å². The Morgan fingerprint density at radius 1 is 1.38 bits per heavy atom. The first-order valence-electron chi connectivity index (χ1n) is 7.95. The molecule has 0 saturated carbocycles. The number of aromatic nitrogens is 4. The molecule has 0 aliphatic rings. The lowest BCUT2D eigenvalue weighted by molar-refractivity contribution is -0.114. The highest BCUT2D eigenvalue weighted by molar-refractivity contribution is 6.34. The average Bonchev–Trinajstić information content (AvgIpc) is 3.22. The number of rotatable bonds is 5. The van der Waals surface area contributed by atoms with Crippen molar-refractivity contribution in [1.82, 2.24) is 19.7 Å². The van der Waals surface area contributed by atoms with Crippen LogP contribution in [0.5, 0.6) is 0 Å². The molecule has 3 rings (SSSR count). The van der Waals surface area contributed by atoms with Gasteiger partial charge in [0.1, 0.15) is 12.0 Å². The standard InChI is InChI=1S/C17H17Cl2N5O2/c1-9(2)17-22-16(23-26-17)15-13(7-18)24(8-20-15)12-6-4-5-11(19)14(12)21-10(3)25/h4-6,8-9H,7H2,1-3H3,(H,21,25). The van der Waals surface area contributed by atoms with Gasteiger partial charge in [-0.1, -0.05) is 36.7 Å². The number of carbonyl (C=O) groups excluding carboxylic acids is 1. The van der Waals surface area contributed by atoms with Crippen LogP contribution in [0, 0.1) is 0 Å². The summed E-state index contributed by atoms with van der Waals surface area (Å²) in [6.45, 7) is 5.34. The molecular weight excluding hydrogens is 377 g/mol. The van der Waals surface area contributed by atoms with Gasteiger partial charge in [-0.15, -0.1) is 11.6 Å². The lowest BCUT2D eigenvalue weighted by Crippen LogP contribution is -2.10. The van der Waals surface area contributed by atoms with Gasteiger partial charge >= 0.3 is 0 Å². The van der Waals surface area contributed by atoms with Crippen molar-refractivity contribution in [3.8, 4) is 17.2 Å². The third-order valence-electron chi connectivity index (χ3n) is 3.69. The number of amides is 1. The molecule has 2 heterocycles. The summed E-state index contributed by atoms with van der Waals surface area (Å²) in [5.41, 5.74) is 2.31. The molecule has 0 fully saturated rings. The van der Waals surface area contributed by atoms with E-state index >= 15 is 0 Å². The summed E-state index contributed by atoms with van der Waals surface area (Å²) in [6, 6.07) is 5.29. The largest absolute Gasteiger partial charge is 0.339 e. The lowest BCUT2D eigenvalue weighted by Gasteiger charge is -2.14. The summed E-state index contributed by atoms with van der Waals surface area (Å²) in [6.07, 6.45) is 1.59. The monoisotopic (exact) mass is 393 g/mol. The third kappa shape index (κ3) is 3.45. The highest BCUT2D eigenvalue weighted by atomic mass is 35.5. The predicted octanol–water partition coefficient (Wildman–Crippen LogP) is 4.40. The quantitative estimate of drug-likeness (QED) is 0.649. The molecule has 0 saturated heterocycles. The predicted molar refractivity (Wildman–Crippen MR) is 99.8 cm³/mol. The van der Waals surface area contributed by atoms with E-state index in [2.05, 4.69) is 20.4 Å². The van der Waals surface area contributed by atoms with Crippen LogP contribution in [-0.2, 0) is 10.7 Å². The zero-order valence-corrected chi connectivity index (χ0v) is 16.0. The lowest BCUT2D eigenvalue weighted by atomic mass is 10.2. The van der Waals surface area contributed by atoms with Crippen molar-refractivity contribution in [2.24, 2.45) is 0 Å². The Morgan fingerprint density at radius 2 is 2.15 bits per heavy atom. The van der Waals surface area contributed by atoms with Crippen molar-refractivity contribution in [1.29, 1.82) is 0 Å². The number of benzene rings is 1. The van der Waals surface area contributed by atoms with Gasteiger partial charge in [-0.3, -0.25) is 9.36 Å². The molecule has 1 aromatic carbocycles. The molecular formula is C17H17Cl2N5O2. The van der Waals surface area contributed by atoms with Crippen LogP contribution in [0.1, 0.15) is 38.3 Å². The van der Waals surface area contributed by atoms with Crippen LogP contribution in [0.25, 0.3) is 17.2 Å². The summed E-state index contributed by atoms with van der Waals surface area (Å²) in [5, 5.41) is 7.15. The Bertz CT molecular complexity index is 949. The summed E-state index contributed by atoms with van der Waals surface area (Å²) < 4.78 is 7.01. The second kappa shape index (κ2) is 7.47. The Kier molecular flexibility index (Phi) is 5.29. The number of nitrogens with one attached hydrogen (secondary N) is 1. The van der Waals surface area contributed by atoms with Gasteiger partial charge in [-0.25, -0.2) is 4.98 Å². The van der Waals surface area contributed by atoms with Gasteiger partial charge in [0.05, 0.1) is 28.0 Å². The van der Waals surface area contributed by atoms with Crippen LogP contribution in [0.3, 0.4) is 0 Å². The van der Waals surface area contributed by atoms with Crippen LogP contribution in [0.2, 0.25) is 5.02 Å². The van der Waals surface area contributed by atoms with Crippen molar-refractivity contribution < 1.29 is 9.32 Å². The Morgan fingerprint density at radius 3 is 2.77 bits per heavy atom. The molecule has 0 spiro atoms. The van der Waals surface area contributed by atoms with Crippen LogP contribution >= 0.6 is 23.2 Å². The molecule has 0 unspecified atom stereocenters. The second-order valence-electron chi connectivity index (χ2n) is 5.97. The van der Waals surface area contributed by atoms with Crippen molar-refractivity contribution in [2.75, 3.05) is 5.32 Å². The summed E-state index contributed by atoms with van der Waals surface area (Å²) in [5.74, 6) is 0.930. The molecule has 0 atom stereocenters. The number of imidazole rings is 1. The molecule has 2 aromatic heterocycles. The smallest absolute Gasteiger partial charge is 0.229 e. The Hall–Kier alpha value is -2.38. The first-order valence-corrected chi connectivity index (χ1v) is 8.86. The summed E-state index contributed by atoms with van der Waals surface area (Å²) in [4.78, 5) is 20.3. The second-order valence-corrected chi connectivity index (χ2v) is 6.64. The fourth-order valence-corrected chi connectivity index (χ4v) is 2.95. The van der Waals surface area contributed by atoms with Crippen molar-refractivity contribution >= 4 is 34.8 Å². The van der Waals surface area contributed by atoms with E-state index in [4.69, 9.17) is 27.7 Å². The Balaban J connectivity index is 2.12. The molecule has 0 aliphatic heterocycles. The molecule has 1 N–H and O–H groups in total. The topological polar surface area (TPSA) is 85.8 Å². The minimum absolute atomic E-state index is 0.108. The van der Waals surface area contributed by atoms with Crippen LogP contribution in [-0.4, -0.2) is 25.6 Å². The number of alkyl halides is 1. The normalized spacial score (nSPS) is 11.2. The van der Waals surface area contributed by atoms with Crippen molar-refractivity contribution in [3.63, 3.8) is 0 Å². The van der Waals surface area contributed by atoms with Crippen molar-refractivity contribution in [2.45, 2.75) is 32.6 Å². The van der Waals surface area contributed by atoms with Gasteiger partial charge in [0.15, 0.2) is 0 Å². The highest BCUT2D eigenvalue weighted by Crippen LogP contribution is 2.32. The van der Waals surface area contributed by atoms with Gasteiger partial charge in [0.25, 0.3) is 0 Å². The first kappa shape index (κ1) is 18.4. The van der Waals surface area contributed by atoms with E-state index in [-0.39, 0.29) is 17.7 Å². The fourth-order valence-electron chi connectivity index (χ4n) is 2.48. The number of carbonyl (C=O) groups is 1. The third-order valence-corrected chi connectivity index (χ3v) is 4.26. The molecule has 7 nitrogen and oxygen atoms in total. The molecule has 0 aliphatic carbocycles. The molecule has 9 heteroatoms. The molecule has 26 heavy (non-hydrogen) atoms. The van der Waals surface area contributed by atoms with E-state index in [1.165, 1.54) is 6.92 Å². The van der Waals surface area contributed by atoms with E-state index in [1.54, 1.807) is 23.0 Å². The van der Waals surface area contributed by atoms with E-state index < -0.39 is 0 Å². The van der Waals surface area contributed by atoms with E-state index in [9.17, 15) is 4.79 Å². The average molecular weight is 394 g/mol. The molecule has 136 valence electrons. The number of para-hydroxylation sites is 1. The highest BCUT2D eigenvalue weighted by Gasteiger charge is 2.21. The SMILES string of the molecule is CC(=O)Nc1c(Cl)cccc1-n1cnc(-c2noc(C(C)C)n2)c1CCl. The fraction of sp³-hybridized carbons (Fsp3) is 0.294. The molecule has 1 amide bonds. The molecule has 0 radical (unpaired) electrons. The van der Waals surface area contributed by atoms with Gasteiger partial charge in [-0.05, 0) is 12.1 Å². The zero-order valence-electron chi connectivity index (χ0n) is 14.5. The zero-order chi connectivity index (χ0) is 18.8. The van der Waals surface area contributed by atoms with E-state index in [1.807, 2.05) is 19.9 Å². The van der Waals surface area contributed by atoms with Gasteiger partial charge in [-0.2, -0.15) is 4.98 Å². The van der Waals surface area contributed by atoms with E-state index in [0.717, 1.165) is 0 Å². The number of anilines is 1. The van der Waals surface area contributed by atoms with Crippen LogP contribution < -0.4 is 5.32 Å². The van der Waals surface area contributed by atoms with Crippen LogP contribution in [0.4, 0.5) is 5.69 Å². The number of hydrogen-bond acceptors (Lipinski definition) is 5. The molecule has 3 aromatic rings. The summed E-state index contributed by atoms with van der Waals surface area (Å²) in [7, 11) is 0. The van der Waals surface area contributed by atoms with Gasteiger partial charge in [0, 0.05) is 12.8 Å². The molecule has 0 bridgehead atoms. The van der Waals surface area contributed by atoms with E-state index in [0.29, 0.717) is 39.5 Å². The summed E-state index contributed by atoms with van der Waals surface area (Å²) >= 11 is 12.4. The number of halogens is 2. The minimum atomic E-state index is -0.230. The van der Waals surface area contributed by atoms with Crippen molar-refractivity contribution in [3.05, 3.63) is 41.1 Å². The maximum absolute atomic E-state index is 11.5. The maximum atomic E-state index is 11.5. The maximum Gasteiger partial charge on any atom is 0.229 e. The number of nitrogens with zero attached hydrogens (tertiary/aromatic N) is 4. The Labute approximate surface area is 160 Å². The first-order chi connectivity index (χ1) is 12.4.